The molecule has 0 amide bonds. The zero-order valence-corrected chi connectivity index (χ0v) is 24.9. The summed E-state index contributed by atoms with van der Waals surface area (Å²) in [4.78, 5) is 23.4. The van der Waals surface area contributed by atoms with Gasteiger partial charge in [0.2, 0.25) is 10.0 Å². The summed E-state index contributed by atoms with van der Waals surface area (Å²) in [5, 5.41) is 5.96. The third-order valence-electron chi connectivity index (χ3n) is 8.73. The second-order valence-electron chi connectivity index (χ2n) is 11.4. The van der Waals surface area contributed by atoms with Crippen LogP contribution in [0.2, 0.25) is 5.02 Å². The maximum absolute atomic E-state index is 14.1. The summed E-state index contributed by atoms with van der Waals surface area (Å²) in [5.41, 5.74) is 1.77. The second kappa shape index (κ2) is 10.8. The van der Waals surface area contributed by atoms with Gasteiger partial charge in [-0.3, -0.25) is 9.79 Å². The van der Waals surface area contributed by atoms with E-state index in [4.69, 9.17) is 16.6 Å². The molecule has 2 aliphatic heterocycles. The Balaban J connectivity index is 1.32. The first-order valence-corrected chi connectivity index (χ1v) is 16.7. The van der Waals surface area contributed by atoms with E-state index in [1.165, 1.54) is 29.5 Å². The number of halogens is 4. The molecular formula is C28H26ClF3N6O3S2. The first-order chi connectivity index (χ1) is 20.6. The fourth-order valence-corrected chi connectivity index (χ4v) is 10.3. The molecule has 15 heteroatoms. The topological polar surface area (TPSA) is 110 Å². The molecule has 2 aromatic heterocycles. The van der Waals surface area contributed by atoms with Crippen molar-refractivity contribution in [3.63, 3.8) is 0 Å². The zero-order chi connectivity index (χ0) is 30.0. The Hall–Kier alpha value is -3.07. The molecule has 5 atom stereocenters. The van der Waals surface area contributed by atoms with Crippen molar-refractivity contribution in [2.45, 2.75) is 56.0 Å². The molecular weight excluding hydrogens is 625 g/mol. The van der Waals surface area contributed by atoms with Gasteiger partial charge in [0, 0.05) is 71.5 Å². The number of carbonyl (C=O) groups excluding carboxylic acids is 1. The van der Waals surface area contributed by atoms with E-state index in [-0.39, 0.29) is 54.1 Å². The van der Waals surface area contributed by atoms with Gasteiger partial charge in [-0.1, -0.05) is 17.7 Å². The first-order valence-electron chi connectivity index (χ1n) is 13.9. The molecule has 2 saturated carbocycles. The normalized spacial score (nSPS) is 27.3. The molecule has 9 nitrogen and oxygen atoms in total. The standard InChI is InChI=1S/C28H26ClF3N6O3S2/c29-20-11-16(30)3-4-19(20)24-23(21-5-7-38(35-21)28(31)32)22-12-17(13-37(22)26(34-24)27-33-6-8-42-27)36-43(40,41)25-14-1-2-15(25)10-18(39)9-14/h3-8,11,14-15,17,24-25,28,36H,1-2,9-10,12-13H2/t14-,15?,17-,24-,25+/m0/s1. The fraction of sp³-hybridized carbons (Fsp3) is 0.429. The minimum atomic E-state index is -3.79. The largest absolute Gasteiger partial charge is 0.333 e. The Bertz CT molecular complexity index is 1740. The molecule has 3 aromatic rings. The molecule has 1 unspecified atom stereocenters. The van der Waals surface area contributed by atoms with Crippen molar-refractivity contribution in [1.29, 1.82) is 0 Å². The lowest BCUT2D eigenvalue weighted by Crippen LogP contribution is -2.48. The Morgan fingerprint density at radius 3 is 2.53 bits per heavy atom. The predicted molar refractivity (Wildman–Crippen MR) is 155 cm³/mol. The molecule has 4 heterocycles. The van der Waals surface area contributed by atoms with Crippen LogP contribution in [0.3, 0.4) is 0 Å². The maximum atomic E-state index is 14.1. The van der Waals surface area contributed by atoms with Crippen LogP contribution in [0.25, 0.3) is 5.57 Å². The number of ketones is 1. The van der Waals surface area contributed by atoms with Gasteiger partial charge in [0.1, 0.15) is 17.6 Å². The van der Waals surface area contributed by atoms with Crippen LogP contribution in [0.1, 0.15) is 61.0 Å². The summed E-state index contributed by atoms with van der Waals surface area (Å²) in [6.45, 7) is -2.65. The van der Waals surface area contributed by atoms with Crippen molar-refractivity contribution in [1.82, 2.24) is 24.4 Å². The lowest BCUT2D eigenvalue weighted by Gasteiger charge is -2.32. The molecule has 0 spiro atoms. The van der Waals surface area contributed by atoms with Crippen molar-refractivity contribution >= 4 is 50.2 Å². The minimum absolute atomic E-state index is 0.102. The number of amidine groups is 1. The Labute approximate surface area is 254 Å². The third kappa shape index (κ3) is 5.11. The Morgan fingerprint density at radius 2 is 1.88 bits per heavy atom. The number of carbonyl (C=O) groups is 1. The average Bonchev–Trinajstić information content (AvgIpc) is 3.74. The molecule has 2 bridgehead atoms. The number of alkyl halides is 2. The van der Waals surface area contributed by atoms with Gasteiger partial charge < -0.3 is 4.90 Å². The highest BCUT2D eigenvalue weighted by molar-refractivity contribution is 7.90. The van der Waals surface area contributed by atoms with Crippen LogP contribution in [0.15, 0.2) is 52.7 Å². The van der Waals surface area contributed by atoms with E-state index in [0.29, 0.717) is 45.2 Å². The maximum Gasteiger partial charge on any atom is 0.333 e. The van der Waals surface area contributed by atoms with Crippen molar-refractivity contribution in [2.75, 3.05) is 6.54 Å². The summed E-state index contributed by atoms with van der Waals surface area (Å²) in [7, 11) is -3.79. The molecule has 43 heavy (non-hydrogen) atoms. The summed E-state index contributed by atoms with van der Waals surface area (Å²) in [6, 6.07) is 3.94. The van der Waals surface area contributed by atoms with E-state index in [2.05, 4.69) is 14.8 Å². The van der Waals surface area contributed by atoms with Gasteiger partial charge in [-0.05, 0) is 42.9 Å². The lowest BCUT2D eigenvalue weighted by atomic mass is 9.88. The number of aliphatic imine (C=N–C) groups is 1. The number of thiazole rings is 1. The minimum Gasteiger partial charge on any atom is -0.326 e. The molecule has 1 aromatic carbocycles. The number of aromatic nitrogens is 3. The van der Waals surface area contributed by atoms with Crippen molar-refractivity contribution < 1.29 is 26.4 Å². The van der Waals surface area contributed by atoms with Crippen LogP contribution in [0, 0.1) is 17.7 Å². The number of fused-ring (bicyclic) bond motifs is 3. The number of hydrogen-bond acceptors (Lipinski definition) is 8. The smallest absolute Gasteiger partial charge is 0.326 e. The molecule has 0 radical (unpaired) electrons. The van der Waals surface area contributed by atoms with Crippen LogP contribution in [0.5, 0.6) is 0 Å². The van der Waals surface area contributed by atoms with E-state index in [1.54, 1.807) is 11.6 Å². The number of sulfonamides is 1. The molecule has 2 aliphatic carbocycles. The second-order valence-corrected chi connectivity index (χ2v) is 14.5. The van der Waals surface area contributed by atoms with E-state index in [0.717, 1.165) is 12.3 Å². The lowest BCUT2D eigenvalue weighted by molar-refractivity contribution is -0.121. The van der Waals surface area contributed by atoms with Gasteiger partial charge >= 0.3 is 6.55 Å². The van der Waals surface area contributed by atoms with Crippen LogP contribution in [0.4, 0.5) is 13.2 Å². The van der Waals surface area contributed by atoms with Crippen LogP contribution in [-0.4, -0.2) is 57.5 Å². The molecule has 4 aliphatic rings. The highest BCUT2D eigenvalue weighted by Crippen LogP contribution is 2.48. The molecule has 7 rings (SSSR count). The highest BCUT2D eigenvalue weighted by Gasteiger charge is 2.50. The average molecular weight is 651 g/mol. The number of hydrogen-bond donors (Lipinski definition) is 1. The van der Waals surface area contributed by atoms with E-state index in [9.17, 15) is 26.4 Å². The van der Waals surface area contributed by atoms with Crippen LogP contribution in [-0.2, 0) is 14.8 Å². The van der Waals surface area contributed by atoms with Gasteiger partial charge in [0.25, 0.3) is 0 Å². The fourth-order valence-electron chi connectivity index (χ4n) is 7.10. The summed E-state index contributed by atoms with van der Waals surface area (Å²) in [5.74, 6) is -0.348. The first kappa shape index (κ1) is 28.7. The van der Waals surface area contributed by atoms with Crippen molar-refractivity contribution in [2.24, 2.45) is 16.8 Å². The summed E-state index contributed by atoms with van der Waals surface area (Å²) >= 11 is 7.86. The van der Waals surface area contributed by atoms with Crippen LogP contribution >= 0.6 is 22.9 Å². The zero-order valence-electron chi connectivity index (χ0n) is 22.5. The predicted octanol–water partition coefficient (Wildman–Crippen LogP) is 5.19. The monoisotopic (exact) mass is 650 g/mol. The van der Waals surface area contributed by atoms with Gasteiger partial charge in [0.05, 0.1) is 10.9 Å². The van der Waals surface area contributed by atoms with Crippen molar-refractivity contribution in [3.05, 3.63) is 74.8 Å². The number of rotatable bonds is 7. The van der Waals surface area contributed by atoms with E-state index in [1.807, 2.05) is 4.90 Å². The quantitative estimate of drug-likeness (QED) is 0.377. The highest BCUT2D eigenvalue weighted by atomic mass is 35.5. The Kier molecular flexibility index (Phi) is 7.22. The summed E-state index contributed by atoms with van der Waals surface area (Å²) < 4.78 is 72.2. The Morgan fingerprint density at radius 1 is 1.12 bits per heavy atom. The molecule has 226 valence electrons. The van der Waals surface area contributed by atoms with Crippen molar-refractivity contribution in [3.8, 4) is 0 Å². The number of benzene rings is 1. The summed E-state index contributed by atoms with van der Waals surface area (Å²) in [6.07, 6.45) is 4.99. The third-order valence-corrected chi connectivity index (χ3v) is 12.0. The van der Waals surface area contributed by atoms with Gasteiger partial charge in [-0.2, -0.15) is 13.9 Å². The molecule has 1 N–H and O–H groups in total. The number of nitrogens with one attached hydrogen (secondary N) is 1. The van der Waals surface area contributed by atoms with E-state index >= 15 is 0 Å². The molecule has 3 fully saturated rings. The number of nitrogens with zero attached hydrogens (tertiary/aromatic N) is 5. The van der Waals surface area contributed by atoms with Gasteiger partial charge in [-0.15, -0.1) is 11.3 Å². The molecule has 1 saturated heterocycles. The van der Waals surface area contributed by atoms with Gasteiger partial charge in [0.15, 0.2) is 10.8 Å². The number of Topliss-reactive ketones (excluding diaryl/α,β-unsaturated/α-hetero) is 1. The van der Waals surface area contributed by atoms with Gasteiger partial charge in [-0.25, -0.2) is 27.2 Å². The SMILES string of the molecule is O=C1CC2CC[C@@H](C1)[C@H]2S(=O)(=O)N[C@H]1CC2=C(c3ccn(C(F)F)n3)[C@H](c3ccc(F)cc3Cl)N=C(c3nccs3)N2C1. The van der Waals surface area contributed by atoms with Crippen LogP contribution < -0.4 is 4.72 Å². The van der Waals surface area contributed by atoms with E-state index < -0.39 is 39.7 Å².